The van der Waals surface area contributed by atoms with Crippen molar-refractivity contribution in [3.63, 3.8) is 0 Å². The molecule has 4 nitrogen and oxygen atoms in total. The van der Waals surface area contributed by atoms with Gasteiger partial charge in [0.2, 0.25) is 0 Å². The van der Waals surface area contributed by atoms with Crippen LogP contribution < -0.4 is 16.6 Å². The number of hydrogen-bond donors (Lipinski definition) is 3. The van der Waals surface area contributed by atoms with E-state index in [1.165, 1.54) is 11.1 Å². The molecule has 1 aromatic rings. The highest BCUT2D eigenvalue weighted by atomic mass is 35.5. The van der Waals surface area contributed by atoms with Crippen LogP contribution in [0.25, 0.3) is 0 Å². The predicted octanol–water partition coefficient (Wildman–Crippen LogP) is 1.55. The predicted molar refractivity (Wildman–Crippen MR) is 57.7 cm³/mol. The molecule has 0 saturated carbocycles. The van der Waals surface area contributed by atoms with E-state index in [1.807, 2.05) is 0 Å². The molecule has 0 aliphatic rings. The second-order valence-corrected chi connectivity index (χ2v) is 3.32. The van der Waals surface area contributed by atoms with Crippen molar-refractivity contribution in [2.45, 2.75) is 6.92 Å². The fraction of sp³-hybridized carbons (Fsp3) is 0.111. The van der Waals surface area contributed by atoms with Gasteiger partial charge in [0.25, 0.3) is 0 Å². The van der Waals surface area contributed by atoms with E-state index < -0.39 is 0 Å². The zero-order valence-corrected chi connectivity index (χ0v) is 8.49. The molecular weight excluding hydrogens is 202 g/mol. The molecule has 0 saturated heterocycles. The summed E-state index contributed by atoms with van der Waals surface area (Å²) in [5, 5.41) is 10.8. The van der Waals surface area contributed by atoms with E-state index >= 15 is 0 Å². The van der Waals surface area contributed by atoms with Crippen LogP contribution in [0, 0.1) is 0 Å². The number of hydrogen-bond acceptors (Lipinski definition) is 4. The molecule has 0 aliphatic carbocycles. The normalized spacial score (nSPS) is 11.5. The highest BCUT2D eigenvalue weighted by Crippen LogP contribution is 2.27. The number of phenolic OH excluding ortho intramolecular Hbond substituents is 1. The SMILES string of the molecule is C/C(N)=C/N(N)c1ccc(O)c(Cl)c1. The van der Waals surface area contributed by atoms with Crippen LogP contribution in [0.5, 0.6) is 5.75 Å². The van der Waals surface area contributed by atoms with Crippen molar-refractivity contribution in [2.24, 2.45) is 11.6 Å². The first kappa shape index (κ1) is 10.7. The average molecular weight is 214 g/mol. The molecule has 0 aromatic heterocycles. The Balaban J connectivity index is 2.97. The molecule has 1 aromatic carbocycles. The average Bonchev–Trinajstić information content (AvgIpc) is 2.08. The second-order valence-electron chi connectivity index (χ2n) is 2.92. The molecule has 0 bridgehead atoms. The molecule has 5 heteroatoms. The summed E-state index contributed by atoms with van der Waals surface area (Å²) in [6.07, 6.45) is 1.56. The molecule has 5 N–H and O–H groups in total. The van der Waals surface area contributed by atoms with Crippen LogP contribution in [0.15, 0.2) is 30.1 Å². The monoisotopic (exact) mass is 213 g/mol. The summed E-state index contributed by atoms with van der Waals surface area (Å²) in [5.41, 5.74) is 6.69. The molecule has 1 rings (SSSR count). The van der Waals surface area contributed by atoms with Crippen LogP contribution >= 0.6 is 11.6 Å². The number of nitrogens with zero attached hydrogens (tertiary/aromatic N) is 1. The molecule has 0 aliphatic heterocycles. The van der Waals surface area contributed by atoms with Crippen molar-refractivity contribution < 1.29 is 5.11 Å². The quantitative estimate of drug-likeness (QED) is 0.515. The molecule has 76 valence electrons. The first-order valence-corrected chi connectivity index (χ1v) is 4.35. The molecule has 0 atom stereocenters. The number of phenols is 1. The van der Waals surface area contributed by atoms with E-state index in [9.17, 15) is 5.11 Å². The zero-order chi connectivity index (χ0) is 10.7. The van der Waals surface area contributed by atoms with Crippen molar-refractivity contribution in [1.82, 2.24) is 0 Å². The summed E-state index contributed by atoms with van der Waals surface area (Å²) >= 11 is 5.71. The lowest BCUT2D eigenvalue weighted by Gasteiger charge is -2.14. The van der Waals surface area contributed by atoms with E-state index in [1.54, 1.807) is 25.3 Å². The standard InChI is InChI=1S/C9H12ClN3O/c1-6(11)5-13(12)7-2-3-9(14)8(10)4-7/h2-5,14H,11-12H2,1H3/b6-5-. The first-order valence-electron chi connectivity index (χ1n) is 3.97. The van der Waals surface area contributed by atoms with Gasteiger partial charge in [-0.3, -0.25) is 5.01 Å². The van der Waals surface area contributed by atoms with Gasteiger partial charge in [-0.2, -0.15) is 0 Å². The number of nitrogens with two attached hydrogens (primary N) is 2. The third-order valence-corrected chi connectivity index (χ3v) is 1.87. The zero-order valence-electron chi connectivity index (χ0n) is 7.74. The lowest BCUT2D eigenvalue weighted by atomic mass is 10.3. The van der Waals surface area contributed by atoms with E-state index in [0.717, 1.165) is 0 Å². The van der Waals surface area contributed by atoms with Crippen molar-refractivity contribution >= 4 is 17.3 Å². The third-order valence-electron chi connectivity index (χ3n) is 1.57. The van der Waals surface area contributed by atoms with Crippen LogP contribution in [0.4, 0.5) is 5.69 Å². The highest BCUT2D eigenvalue weighted by molar-refractivity contribution is 6.32. The smallest absolute Gasteiger partial charge is 0.134 e. The van der Waals surface area contributed by atoms with Crippen LogP contribution in [-0.4, -0.2) is 5.11 Å². The third kappa shape index (κ3) is 2.55. The number of rotatable bonds is 2. The maximum Gasteiger partial charge on any atom is 0.134 e. The Morgan fingerprint density at radius 2 is 2.21 bits per heavy atom. The van der Waals surface area contributed by atoms with Gasteiger partial charge in [-0.15, -0.1) is 0 Å². The Kier molecular flexibility index (Phi) is 3.22. The van der Waals surface area contributed by atoms with Gasteiger partial charge in [0.15, 0.2) is 0 Å². The largest absolute Gasteiger partial charge is 0.506 e. The van der Waals surface area contributed by atoms with Gasteiger partial charge in [0, 0.05) is 11.9 Å². The van der Waals surface area contributed by atoms with Gasteiger partial charge in [0.05, 0.1) is 10.7 Å². The molecule has 14 heavy (non-hydrogen) atoms. The van der Waals surface area contributed by atoms with Gasteiger partial charge in [0.1, 0.15) is 5.75 Å². The van der Waals surface area contributed by atoms with E-state index in [-0.39, 0.29) is 10.8 Å². The summed E-state index contributed by atoms with van der Waals surface area (Å²) in [6, 6.07) is 4.66. The molecule has 0 fully saturated rings. The summed E-state index contributed by atoms with van der Waals surface area (Å²) in [6.45, 7) is 1.72. The fourth-order valence-corrected chi connectivity index (χ4v) is 1.13. The molecular formula is C9H12ClN3O. The first-order chi connectivity index (χ1) is 6.50. The summed E-state index contributed by atoms with van der Waals surface area (Å²) in [5.74, 6) is 5.68. The number of benzene rings is 1. The topological polar surface area (TPSA) is 75.5 Å². The molecule has 0 spiro atoms. The van der Waals surface area contributed by atoms with Gasteiger partial charge < -0.3 is 10.8 Å². The van der Waals surface area contributed by atoms with E-state index in [2.05, 4.69) is 0 Å². The Morgan fingerprint density at radius 1 is 1.57 bits per heavy atom. The van der Waals surface area contributed by atoms with Gasteiger partial charge in [-0.25, -0.2) is 5.84 Å². The molecule has 0 radical (unpaired) electrons. The van der Waals surface area contributed by atoms with E-state index in [0.29, 0.717) is 11.4 Å². The molecule has 0 unspecified atom stereocenters. The van der Waals surface area contributed by atoms with Gasteiger partial charge in [-0.1, -0.05) is 11.6 Å². The Bertz CT molecular complexity index is 361. The second kappa shape index (κ2) is 4.21. The van der Waals surface area contributed by atoms with E-state index in [4.69, 9.17) is 23.2 Å². The van der Waals surface area contributed by atoms with Crippen LogP contribution in [0.1, 0.15) is 6.92 Å². The van der Waals surface area contributed by atoms with Crippen molar-refractivity contribution in [3.8, 4) is 5.75 Å². The van der Waals surface area contributed by atoms with Crippen LogP contribution in [0.3, 0.4) is 0 Å². The molecule has 0 heterocycles. The fourth-order valence-electron chi connectivity index (χ4n) is 0.950. The minimum absolute atomic E-state index is 0.0252. The lowest BCUT2D eigenvalue weighted by Crippen LogP contribution is -2.25. The number of allylic oxidation sites excluding steroid dienone is 1. The summed E-state index contributed by atoms with van der Waals surface area (Å²) in [7, 11) is 0. The maximum absolute atomic E-state index is 9.18. The lowest BCUT2D eigenvalue weighted by molar-refractivity contribution is 0.475. The highest BCUT2D eigenvalue weighted by Gasteiger charge is 2.02. The maximum atomic E-state index is 9.18. The Labute approximate surface area is 87.3 Å². The van der Waals surface area contributed by atoms with Gasteiger partial charge >= 0.3 is 0 Å². The van der Waals surface area contributed by atoms with Crippen LogP contribution in [-0.2, 0) is 0 Å². The van der Waals surface area contributed by atoms with Crippen molar-refractivity contribution in [3.05, 3.63) is 35.1 Å². The van der Waals surface area contributed by atoms with Crippen molar-refractivity contribution in [2.75, 3.05) is 5.01 Å². The number of hydrazine groups is 1. The number of aromatic hydroxyl groups is 1. The number of halogens is 1. The minimum atomic E-state index is 0.0252. The molecule has 0 amide bonds. The van der Waals surface area contributed by atoms with Crippen molar-refractivity contribution in [1.29, 1.82) is 0 Å². The number of anilines is 1. The summed E-state index contributed by atoms with van der Waals surface area (Å²) in [4.78, 5) is 0. The Hall–Kier alpha value is -1.39. The Morgan fingerprint density at radius 3 is 2.71 bits per heavy atom. The minimum Gasteiger partial charge on any atom is -0.506 e. The summed E-state index contributed by atoms with van der Waals surface area (Å²) < 4.78 is 0. The van der Waals surface area contributed by atoms with Gasteiger partial charge in [-0.05, 0) is 25.1 Å². The van der Waals surface area contributed by atoms with Crippen LogP contribution in [0.2, 0.25) is 5.02 Å².